The van der Waals surface area contributed by atoms with Crippen LogP contribution in [0.3, 0.4) is 0 Å². The third kappa shape index (κ3) is 2.47. The van der Waals surface area contributed by atoms with E-state index in [0.29, 0.717) is 23.2 Å². The van der Waals surface area contributed by atoms with Gasteiger partial charge in [-0.05, 0) is 38.1 Å². The first-order valence-corrected chi connectivity index (χ1v) is 6.93. The van der Waals surface area contributed by atoms with Crippen LogP contribution in [-0.4, -0.2) is 37.4 Å². The molecule has 1 fully saturated rings. The predicted molar refractivity (Wildman–Crippen MR) is 77.7 cm³/mol. The molecule has 1 saturated heterocycles. The van der Waals surface area contributed by atoms with E-state index in [0.717, 1.165) is 25.1 Å². The smallest absolute Gasteiger partial charge is 0.234 e. The quantitative estimate of drug-likeness (QED) is 0.928. The summed E-state index contributed by atoms with van der Waals surface area (Å²) in [6, 6.07) is 5.58. The summed E-state index contributed by atoms with van der Waals surface area (Å²) in [5, 5.41) is 7.43. The summed E-state index contributed by atoms with van der Waals surface area (Å²) < 4.78 is 16.0. The Morgan fingerprint density at radius 3 is 2.71 bits per heavy atom. The van der Waals surface area contributed by atoms with Gasteiger partial charge < -0.3 is 19.3 Å². The summed E-state index contributed by atoms with van der Waals surface area (Å²) in [6.45, 7) is 3.98. The molecular formula is C15H19N3O3. The van der Waals surface area contributed by atoms with Crippen LogP contribution in [-0.2, 0) is 5.41 Å². The second kappa shape index (κ2) is 5.37. The Hall–Kier alpha value is -2.08. The minimum Gasteiger partial charge on any atom is -0.493 e. The third-order valence-electron chi connectivity index (χ3n) is 3.95. The fourth-order valence-corrected chi connectivity index (χ4v) is 2.56. The fraction of sp³-hybridized carbons (Fsp3) is 0.467. The molecular weight excluding hydrogens is 270 g/mol. The van der Waals surface area contributed by atoms with Gasteiger partial charge in [-0.25, -0.2) is 0 Å². The average molecular weight is 289 g/mol. The van der Waals surface area contributed by atoms with Crippen LogP contribution in [0.25, 0.3) is 11.4 Å². The molecule has 1 aromatic heterocycles. The lowest BCUT2D eigenvalue weighted by atomic mass is 9.90. The van der Waals surface area contributed by atoms with Crippen LogP contribution in [0.5, 0.6) is 11.5 Å². The average Bonchev–Trinajstić information content (AvgIpc) is 3.16. The molecule has 6 heteroatoms. The highest BCUT2D eigenvalue weighted by atomic mass is 16.5. The van der Waals surface area contributed by atoms with Gasteiger partial charge in [0, 0.05) is 12.1 Å². The predicted octanol–water partition coefficient (Wildman–Crippen LogP) is 2.00. The molecule has 6 nitrogen and oxygen atoms in total. The minimum absolute atomic E-state index is 0.0815. The number of hydrogen-bond acceptors (Lipinski definition) is 6. The molecule has 0 saturated carbocycles. The van der Waals surface area contributed by atoms with Gasteiger partial charge in [-0.3, -0.25) is 0 Å². The maximum absolute atomic E-state index is 5.46. The van der Waals surface area contributed by atoms with Gasteiger partial charge in [0.25, 0.3) is 0 Å². The zero-order chi connectivity index (χ0) is 14.9. The molecule has 1 unspecified atom stereocenters. The second-order valence-corrected chi connectivity index (χ2v) is 5.48. The van der Waals surface area contributed by atoms with Crippen molar-refractivity contribution in [1.29, 1.82) is 0 Å². The lowest BCUT2D eigenvalue weighted by Crippen LogP contribution is -2.25. The summed E-state index contributed by atoms with van der Waals surface area (Å²) in [4.78, 5) is 4.55. The van der Waals surface area contributed by atoms with Gasteiger partial charge in [-0.15, -0.1) is 0 Å². The zero-order valence-electron chi connectivity index (χ0n) is 12.5. The Morgan fingerprint density at radius 1 is 1.24 bits per heavy atom. The molecule has 1 aliphatic heterocycles. The molecule has 2 heterocycles. The Kier molecular flexibility index (Phi) is 3.55. The molecule has 3 rings (SSSR count). The Balaban J connectivity index is 1.93. The van der Waals surface area contributed by atoms with Gasteiger partial charge in [-0.1, -0.05) is 5.16 Å². The molecule has 1 atom stereocenters. The van der Waals surface area contributed by atoms with Crippen LogP contribution < -0.4 is 14.8 Å². The number of nitrogens with zero attached hydrogens (tertiary/aromatic N) is 2. The topological polar surface area (TPSA) is 69.4 Å². The zero-order valence-corrected chi connectivity index (χ0v) is 12.5. The van der Waals surface area contributed by atoms with Crippen molar-refractivity contribution in [2.24, 2.45) is 0 Å². The van der Waals surface area contributed by atoms with Crippen molar-refractivity contribution >= 4 is 0 Å². The van der Waals surface area contributed by atoms with E-state index in [4.69, 9.17) is 14.0 Å². The largest absolute Gasteiger partial charge is 0.493 e. The van der Waals surface area contributed by atoms with E-state index in [-0.39, 0.29) is 5.41 Å². The highest BCUT2D eigenvalue weighted by Crippen LogP contribution is 2.33. The van der Waals surface area contributed by atoms with Crippen molar-refractivity contribution in [3.63, 3.8) is 0 Å². The van der Waals surface area contributed by atoms with Crippen LogP contribution in [0.2, 0.25) is 0 Å². The normalized spacial score (nSPS) is 21.5. The van der Waals surface area contributed by atoms with Crippen LogP contribution in [0.15, 0.2) is 22.7 Å². The number of rotatable bonds is 4. The Bertz CT molecular complexity index is 633. The number of benzene rings is 1. The van der Waals surface area contributed by atoms with Crippen molar-refractivity contribution in [1.82, 2.24) is 15.5 Å². The van der Waals surface area contributed by atoms with Crippen LogP contribution >= 0.6 is 0 Å². The maximum Gasteiger partial charge on any atom is 0.234 e. The number of ether oxygens (including phenoxy) is 2. The van der Waals surface area contributed by atoms with Gasteiger partial charge in [0.1, 0.15) is 0 Å². The molecule has 0 radical (unpaired) electrons. The third-order valence-corrected chi connectivity index (χ3v) is 3.95. The van der Waals surface area contributed by atoms with E-state index in [9.17, 15) is 0 Å². The Labute approximate surface area is 123 Å². The van der Waals surface area contributed by atoms with Gasteiger partial charge in [0.2, 0.25) is 11.7 Å². The van der Waals surface area contributed by atoms with E-state index in [1.165, 1.54) is 0 Å². The van der Waals surface area contributed by atoms with Crippen molar-refractivity contribution in [3.8, 4) is 22.9 Å². The maximum atomic E-state index is 5.46. The molecule has 2 aromatic rings. The molecule has 112 valence electrons. The van der Waals surface area contributed by atoms with Gasteiger partial charge in [-0.2, -0.15) is 4.98 Å². The van der Waals surface area contributed by atoms with E-state index >= 15 is 0 Å². The number of aromatic nitrogens is 2. The van der Waals surface area contributed by atoms with Crippen LogP contribution in [0.4, 0.5) is 0 Å². The molecule has 0 amide bonds. The van der Waals surface area contributed by atoms with Gasteiger partial charge in [0.05, 0.1) is 19.6 Å². The van der Waals surface area contributed by atoms with Crippen molar-refractivity contribution < 1.29 is 14.0 Å². The standard InChI is InChI=1S/C15H19N3O3/c1-15(6-7-16-9-15)14-17-13(18-21-14)10-4-5-11(19-2)12(8-10)20-3/h4-5,8,16H,6-7,9H2,1-3H3. The van der Waals surface area contributed by atoms with E-state index in [1.54, 1.807) is 14.2 Å². The lowest BCUT2D eigenvalue weighted by Gasteiger charge is -2.15. The van der Waals surface area contributed by atoms with Gasteiger partial charge in [0.15, 0.2) is 11.5 Å². The number of nitrogens with one attached hydrogen (secondary N) is 1. The van der Waals surface area contributed by atoms with Crippen molar-refractivity contribution in [2.75, 3.05) is 27.3 Å². The first-order valence-electron chi connectivity index (χ1n) is 6.93. The van der Waals surface area contributed by atoms with Crippen molar-refractivity contribution in [3.05, 3.63) is 24.1 Å². The lowest BCUT2D eigenvalue weighted by molar-refractivity contribution is 0.306. The summed E-state index contributed by atoms with van der Waals surface area (Å²) in [7, 11) is 3.21. The highest BCUT2D eigenvalue weighted by Gasteiger charge is 2.36. The summed E-state index contributed by atoms with van der Waals surface area (Å²) in [6.07, 6.45) is 1.00. The number of hydrogen-bond donors (Lipinski definition) is 1. The molecule has 0 aliphatic carbocycles. The summed E-state index contributed by atoms with van der Waals surface area (Å²) in [5.41, 5.74) is 0.763. The minimum atomic E-state index is -0.0815. The van der Waals surface area contributed by atoms with Gasteiger partial charge >= 0.3 is 0 Å². The van der Waals surface area contributed by atoms with Crippen molar-refractivity contribution in [2.45, 2.75) is 18.8 Å². The second-order valence-electron chi connectivity index (χ2n) is 5.48. The first kappa shape index (κ1) is 13.9. The van der Waals surface area contributed by atoms with E-state index < -0.39 is 0 Å². The van der Waals surface area contributed by atoms with Crippen LogP contribution in [0, 0.1) is 0 Å². The Morgan fingerprint density at radius 2 is 2.05 bits per heavy atom. The van der Waals surface area contributed by atoms with Crippen LogP contribution in [0.1, 0.15) is 19.2 Å². The molecule has 0 spiro atoms. The SMILES string of the molecule is COc1ccc(-c2noc(C3(C)CCNC3)n2)cc1OC. The molecule has 21 heavy (non-hydrogen) atoms. The molecule has 1 aromatic carbocycles. The monoisotopic (exact) mass is 289 g/mol. The van der Waals surface area contributed by atoms with E-state index in [1.807, 2.05) is 18.2 Å². The fourth-order valence-electron chi connectivity index (χ4n) is 2.56. The molecule has 1 N–H and O–H groups in total. The van der Waals surface area contributed by atoms with E-state index in [2.05, 4.69) is 22.4 Å². The molecule has 0 bridgehead atoms. The number of methoxy groups -OCH3 is 2. The molecule has 1 aliphatic rings. The highest BCUT2D eigenvalue weighted by molar-refractivity contribution is 5.60. The first-order chi connectivity index (χ1) is 10.2. The summed E-state index contributed by atoms with van der Waals surface area (Å²) >= 11 is 0. The summed E-state index contributed by atoms with van der Waals surface area (Å²) in [5.74, 6) is 2.57.